The summed E-state index contributed by atoms with van der Waals surface area (Å²) in [6.45, 7) is 3.33. The first-order valence-corrected chi connectivity index (χ1v) is 7.86. The first-order chi connectivity index (χ1) is 10.4. The van der Waals surface area contributed by atoms with Gasteiger partial charge < -0.3 is 5.32 Å². The first-order valence-electron chi connectivity index (χ1n) is 6.64. The van der Waals surface area contributed by atoms with Crippen LogP contribution in [0.4, 0.5) is 11.4 Å². The molecule has 0 spiro atoms. The van der Waals surface area contributed by atoms with Crippen molar-refractivity contribution in [2.75, 3.05) is 11.6 Å². The van der Waals surface area contributed by atoms with Crippen LogP contribution in [0.5, 0.6) is 0 Å². The normalized spacial score (nSPS) is 10.3. The van der Waals surface area contributed by atoms with E-state index in [-0.39, 0.29) is 11.6 Å². The Morgan fingerprint density at radius 1 is 1.23 bits per heavy atom. The van der Waals surface area contributed by atoms with E-state index in [0.29, 0.717) is 22.4 Å². The zero-order chi connectivity index (χ0) is 16.3. The molecule has 0 atom stereocenters. The summed E-state index contributed by atoms with van der Waals surface area (Å²) in [5.41, 5.74) is 2.03. The number of anilines is 1. The second-order valence-electron chi connectivity index (χ2n) is 4.87. The summed E-state index contributed by atoms with van der Waals surface area (Å²) in [7, 11) is 0. The van der Waals surface area contributed by atoms with Crippen LogP contribution in [0.3, 0.4) is 0 Å². The molecule has 2 aromatic carbocycles. The first kappa shape index (κ1) is 16.0. The zero-order valence-corrected chi connectivity index (χ0v) is 13.4. The number of rotatable bonds is 4. The van der Waals surface area contributed by atoms with Crippen molar-refractivity contribution in [2.45, 2.75) is 18.7 Å². The molecule has 2 aromatic rings. The Morgan fingerprint density at radius 3 is 2.55 bits per heavy atom. The average Bonchev–Trinajstić information content (AvgIpc) is 2.49. The summed E-state index contributed by atoms with van der Waals surface area (Å²) in [6, 6.07) is 10.6. The predicted octanol–water partition coefficient (Wildman–Crippen LogP) is 4.19. The third kappa shape index (κ3) is 3.28. The molecule has 0 heterocycles. The van der Waals surface area contributed by atoms with Crippen LogP contribution in [0.15, 0.2) is 41.3 Å². The fourth-order valence-electron chi connectivity index (χ4n) is 2.20. The van der Waals surface area contributed by atoms with Gasteiger partial charge >= 0.3 is 0 Å². The number of nitrogens with one attached hydrogen (secondary N) is 1. The van der Waals surface area contributed by atoms with Gasteiger partial charge in [0.1, 0.15) is 0 Å². The largest absolute Gasteiger partial charge is 0.321 e. The summed E-state index contributed by atoms with van der Waals surface area (Å²) < 4.78 is 0. The van der Waals surface area contributed by atoms with Crippen molar-refractivity contribution in [3.63, 3.8) is 0 Å². The lowest BCUT2D eigenvalue weighted by molar-refractivity contribution is -0.385. The van der Waals surface area contributed by atoms with Gasteiger partial charge in [-0.1, -0.05) is 12.1 Å². The monoisotopic (exact) mass is 316 g/mol. The van der Waals surface area contributed by atoms with Crippen molar-refractivity contribution in [1.29, 1.82) is 0 Å². The maximum absolute atomic E-state index is 12.5. The van der Waals surface area contributed by atoms with Crippen LogP contribution in [0.25, 0.3) is 0 Å². The van der Waals surface area contributed by atoms with Gasteiger partial charge in [0.05, 0.1) is 10.6 Å². The Labute approximate surface area is 132 Å². The fraction of sp³-hybridized carbons (Fsp3) is 0.188. The Morgan fingerprint density at radius 2 is 1.91 bits per heavy atom. The molecule has 0 saturated heterocycles. The summed E-state index contributed by atoms with van der Waals surface area (Å²) in [4.78, 5) is 24.0. The lowest BCUT2D eigenvalue weighted by Gasteiger charge is -2.11. The quantitative estimate of drug-likeness (QED) is 0.521. The van der Waals surface area contributed by atoms with Gasteiger partial charge in [-0.05, 0) is 43.9 Å². The van der Waals surface area contributed by atoms with E-state index in [4.69, 9.17) is 0 Å². The highest BCUT2D eigenvalue weighted by Crippen LogP contribution is 2.27. The van der Waals surface area contributed by atoms with E-state index in [0.717, 1.165) is 4.90 Å². The Balaban J connectivity index is 2.40. The molecule has 114 valence electrons. The standard InChI is InChI=1S/C16H16N2O3S/c1-10-8-12(11(2)14(9-10)18(20)21)16(19)17-13-6-4-5-7-15(13)22-3/h4-9H,1-3H3,(H,17,19). The predicted molar refractivity (Wildman–Crippen MR) is 88.7 cm³/mol. The third-order valence-corrected chi connectivity index (χ3v) is 4.12. The number of nitrogens with zero attached hydrogens (tertiary/aromatic N) is 1. The molecule has 0 fully saturated rings. The van der Waals surface area contributed by atoms with Crippen LogP contribution in [-0.4, -0.2) is 17.1 Å². The lowest BCUT2D eigenvalue weighted by atomic mass is 10.0. The van der Waals surface area contributed by atoms with E-state index in [1.165, 1.54) is 17.8 Å². The van der Waals surface area contributed by atoms with E-state index < -0.39 is 4.92 Å². The van der Waals surface area contributed by atoms with Crippen molar-refractivity contribution < 1.29 is 9.72 Å². The van der Waals surface area contributed by atoms with E-state index >= 15 is 0 Å². The molecule has 0 saturated carbocycles. The minimum absolute atomic E-state index is 0.0386. The number of thioether (sulfide) groups is 1. The average molecular weight is 316 g/mol. The van der Waals surface area contributed by atoms with Gasteiger partial charge in [-0.3, -0.25) is 14.9 Å². The summed E-state index contributed by atoms with van der Waals surface area (Å²) in [6.07, 6.45) is 1.92. The van der Waals surface area contributed by atoms with E-state index in [1.807, 2.05) is 30.5 Å². The molecule has 0 aromatic heterocycles. The number of amides is 1. The molecular formula is C16H16N2O3S. The molecule has 5 nitrogen and oxygen atoms in total. The number of benzene rings is 2. The van der Waals surface area contributed by atoms with E-state index in [1.54, 1.807) is 19.9 Å². The van der Waals surface area contributed by atoms with Gasteiger partial charge in [0.15, 0.2) is 0 Å². The summed E-state index contributed by atoms with van der Waals surface area (Å²) in [5.74, 6) is -0.342. The van der Waals surface area contributed by atoms with Gasteiger partial charge in [0.25, 0.3) is 11.6 Å². The van der Waals surface area contributed by atoms with Crippen molar-refractivity contribution in [2.24, 2.45) is 0 Å². The van der Waals surface area contributed by atoms with E-state index in [9.17, 15) is 14.9 Å². The molecule has 6 heteroatoms. The van der Waals surface area contributed by atoms with Crippen LogP contribution < -0.4 is 5.32 Å². The van der Waals surface area contributed by atoms with Gasteiger partial charge in [-0.2, -0.15) is 0 Å². The molecule has 2 rings (SSSR count). The molecule has 22 heavy (non-hydrogen) atoms. The Bertz CT molecular complexity index is 744. The number of carbonyl (C=O) groups is 1. The fourth-order valence-corrected chi connectivity index (χ4v) is 2.76. The van der Waals surface area contributed by atoms with Gasteiger partial charge in [-0.25, -0.2) is 0 Å². The van der Waals surface area contributed by atoms with Crippen LogP contribution in [0, 0.1) is 24.0 Å². The molecule has 0 radical (unpaired) electrons. The summed E-state index contributed by atoms with van der Waals surface area (Å²) in [5, 5.41) is 13.9. The van der Waals surface area contributed by atoms with Crippen LogP contribution in [0.1, 0.15) is 21.5 Å². The van der Waals surface area contributed by atoms with E-state index in [2.05, 4.69) is 5.32 Å². The van der Waals surface area contributed by atoms with Crippen molar-refractivity contribution in [3.8, 4) is 0 Å². The van der Waals surface area contributed by atoms with Crippen LogP contribution in [0.2, 0.25) is 0 Å². The highest BCUT2D eigenvalue weighted by atomic mass is 32.2. The maximum Gasteiger partial charge on any atom is 0.273 e. The minimum Gasteiger partial charge on any atom is -0.321 e. The van der Waals surface area contributed by atoms with Crippen LogP contribution in [-0.2, 0) is 0 Å². The van der Waals surface area contributed by atoms with Gasteiger partial charge in [0.2, 0.25) is 0 Å². The molecular weight excluding hydrogens is 300 g/mol. The lowest BCUT2D eigenvalue weighted by Crippen LogP contribution is -2.15. The molecule has 0 aliphatic heterocycles. The molecule has 0 bridgehead atoms. The number of hydrogen-bond donors (Lipinski definition) is 1. The number of hydrogen-bond acceptors (Lipinski definition) is 4. The molecule has 0 aliphatic carbocycles. The van der Waals surface area contributed by atoms with Crippen LogP contribution >= 0.6 is 11.8 Å². The third-order valence-electron chi connectivity index (χ3n) is 3.32. The van der Waals surface area contributed by atoms with Gasteiger partial charge in [-0.15, -0.1) is 11.8 Å². The Hall–Kier alpha value is -2.34. The molecule has 1 N–H and O–H groups in total. The second-order valence-corrected chi connectivity index (χ2v) is 5.72. The molecule has 1 amide bonds. The Kier molecular flexibility index (Phi) is 4.82. The SMILES string of the molecule is CSc1ccccc1NC(=O)c1cc(C)cc([N+](=O)[O-])c1C. The van der Waals surface area contributed by atoms with Gasteiger partial charge in [0, 0.05) is 22.1 Å². The highest BCUT2D eigenvalue weighted by Gasteiger charge is 2.20. The maximum atomic E-state index is 12.5. The molecule has 0 unspecified atom stereocenters. The minimum atomic E-state index is -0.463. The highest BCUT2D eigenvalue weighted by molar-refractivity contribution is 7.98. The zero-order valence-electron chi connectivity index (χ0n) is 12.5. The number of aryl methyl sites for hydroxylation is 1. The number of nitro benzene ring substituents is 1. The second kappa shape index (κ2) is 6.62. The van der Waals surface area contributed by atoms with Crippen molar-refractivity contribution in [3.05, 3.63) is 63.2 Å². The summed E-state index contributed by atoms with van der Waals surface area (Å²) >= 11 is 1.53. The smallest absolute Gasteiger partial charge is 0.273 e. The number of carbonyl (C=O) groups excluding carboxylic acids is 1. The van der Waals surface area contributed by atoms with Crippen molar-refractivity contribution >= 4 is 29.0 Å². The van der Waals surface area contributed by atoms with Crippen molar-refractivity contribution in [1.82, 2.24) is 0 Å². The molecule has 0 aliphatic rings. The number of para-hydroxylation sites is 1. The number of nitro groups is 1. The topological polar surface area (TPSA) is 72.2 Å².